The van der Waals surface area contributed by atoms with Gasteiger partial charge in [-0.2, -0.15) is 9.59 Å². The van der Waals surface area contributed by atoms with Gasteiger partial charge in [0.25, 0.3) is 0 Å². The Hall–Kier alpha value is -3.47. The molecule has 4 N–H and O–H groups in total. The van der Waals surface area contributed by atoms with Gasteiger partial charge >= 0.3 is 30.0 Å². The quantitative estimate of drug-likeness (QED) is 0.439. The van der Waals surface area contributed by atoms with Crippen LogP contribution in [-0.2, 0) is 33.6 Å². The van der Waals surface area contributed by atoms with Crippen molar-refractivity contribution in [1.82, 2.24) is 0 Å². The van der Waals surface area contributed by atoms with Crippen LogP contribution in [0.4, 0.5) is 0 Å². The molecule has 0 aliphatic heterocycles. The predicted octanol–water partition coefficient (Wildman–Crippen LogP) is 1.22. The summed E-state index contributed by atoms with van der Waals surface area (Å²) in [6.07, 6.45) is -1.21. The number of hydrogen-bond donors (Lipinski definition) is 4. The second-order valence-corrected chi connectivity index (χ2v) is 2.99. The molecule has 0 aromatic carbocycles. The Bertz CT molecular complexity index is 422. The molecule has 0 radical (unpaired) electrons. The lowest BCUT2D eigenvalue weighted by Gasteiger charge is -1.88. The summed E-state index contributed by atoms with van der Waals surface area (Å²) in [5, 5.41) is 31.7. The Morgan fingerprint density at radius 3 is 0.963 bits per heavy atom. The van der Waals surface area contributed by atoms with E-state index in [4.69, 9.17) is 39.9 Å². The second kappa shape index (κ2) is 38.2. The van der Waals surface area contributed by atoms with Crippen molar-refractivity contribution < 1.29 is 54.0 Å². The molecule has 13 nitrogen and oxygen atoms in total. The highest BCUT2D eigenvalue weighted by Crippen LogP contribution is 1.90. The lowest BCUT2D eigenvalue weighted by atomic mass is 10.2. The fraction of sp³-hybridized carbons (Fsp3) is 0.571. The Labute approximate surface area is 155 Å². The van der Waals surface area contributed by atoms with Crippen molar-refractivity contribution in [1.29, 1.82) is 0 Å². The van der Waals surface area contributed by atoms with Crippen molar-refractivity contribution >= 4 is 35.8 Å². The number of aliphatic carboxylic acids is 4. The van der Waals surface area contributed by atoms with Gasteiger partial charge in [-0.05, 0) is 0 Å². The topological polar surface area (TPSA) is 235 Å². The summed E-state index contributed by atoms with van der Waals surface area (Å²) in [7, 11) is 0. The Kier molecular flexibility index (Phi) is 61.9. The van der Waals surface area contributed by atoms with Crippen LogP contribution >= 0.6 is 0 Å². The molecule has 160 valence electrons. The van der Waals surface area contributed by atoms with Gasteiger partial charge in [-0.15, -0.1) is 0 Å². The van der Waals surface area contributed by atoms with Crippen LogP contribution in [0.5, 0.6) is 0 Å². The average Bonchev–Trinajstić information content (AvgIpc) is 2.55. The molecule has 0 unspecified atom stereocenters. The predicted molar refractivity (Wildman–Crippen MR) is 90.6 cm³/mol. The summed E-state index contributed by atoms with van der Waals surface area (Å²) in [4.78, 5) is 79.3. The maximum absolute atomic E-state index is 10.2. The summed E-state index contributed by atoms with van der Waals surface area (Å²) in [5.74, 6) is -5.97. The number of carboxylic acid groups (broad SMARTS) is 4. The monoisotopic (exact) mass is 402 g/mol. The molecule has 0 spiro atoms. The molecule has 0 heterocycles. The minimum Gasteiger partial charge on any atom is -0.481 e. The molecule has 27 heavy (non-hydrogen) atoms. The van der Waals surface area contributed by atoms with Crippen LogP contribution in [0.15, 0.2) is 0 Å². The van der Waals surface area contributed by atoms with Crippen molar-refractivity contribution in [2.24, 2.45) is 0 Å². The minimum absolute atomic E-state index is 0. The van der Waals surface area contributed by atoms with Gasteiger partial charge < -0.3 is 20.4 Å². The van der Waals surface area contributed by atoms with Crippen LogP contribution in [0.3, 0.4) is 0 Å². The third-order valence-electron chi connectivity index (χ3n) is 1.36. The third-order valence-corrected chi connectivity index (χ3v) is 1.36. The smallest absolute Gasteiger partial charge is 0.373 e. The molecule has 0 aromatic heterocycles. The molecular weight excluding hydrogens is 376 g/mol. The van der Waals surface area contributed by atoms with Gasteiger partial charge in [0.1, 0.15) is 0 Å². The van der Waals surface area contributed by atoms with Crippen molar-refractivity contribution in [2.75, 3.05) is 0 Å². The molecule has 0 aromatic rings. The molecule has 0 saturated heterocycles. The maximum atomic E-state index is 10.2. The number of Topliss-reactive ketones (excluding diaryl/α,β-unsaturated/α-hetero) is 1. The number of ketones is 1. The first-order valence-electron chi connectivity index (χ1n) is 6.15. The van der Waals surface area contributed by atoms with E-state index in [1.807, 2.05) is 13.8 Å². The van der Waals surface area contributed by atoms with Crippen molar-refractivity contribution in [2.45, 2.75) is 54.4 Å². The molecule has 0 aliphatic rings. The molecule has 0 atom stereocenters. The minimum atomic E-state index is -1.58. The van der Waals surface area contributed by atoms with Gasteiger partial charge in [-0.1, -0.05) is 28.7 Å². The first-order chi connectivity index (χ1) is 11.6. The van der Waals surface area contributed by atoms with Gasteiger partial charge in [0.2, 0.25) is 5.78 Å². The standard InChI is InChI=1S/C5H6O5.C4H6O4.C2H6.CO2.2CH4.O2/c6-3(5(9)10)1-2-4(7)8;5-3(6)1-2-4(7)8;1-2;2-1-3;;;1-2/h1-2H2,(H,7,8)(H,9,10);1-2H2,(H,5,6)(H,7,8);1-2H3;;2*1H4;. The average molecular weight is 402 g/mol. The van der Waals surface area contributed by atoms with Crippen molar-refractivity contribution in [3.63, 3.8) is 0 Å². The number of carboxylic acids is 4. The maximum Gasteiger partial charge on any atom is 0.373 e. The Morgan fingerprint density at radius 1 is 0.630 bits per heavy atom. The van der Waals surface area contributed by atoms with Gasteiger partial charge in [0, 0.05) is 16.4 Å². The molecule has 0 aliphatic carbocycles. The van der Waals surface area contributed by atoms with E-state index in [9.17, 15) is 24.0 Å². The summed E-state index contributed by atoms with van der Waals surface area (Å²) in [6.45, 7) is 4.00. The molecule has 0 bridgehead atoms. The first kappa shape index (κ1) is 43.7. The molecular formula is C14H26O13. The van der Waals surface area contributed by atoms with E-state index in [0.29, 0.717) is 0 Å². The Morgan fingerprint density at radius 2 is 0.815 bits per heavy atom. The van der Waals surface area contributed by atoms with E-state index >= 15 is 0 Å². The SMILES string of the molecule is C.C.CC.O=C(O)CCC(=O)C(=O)O.O=C(O)CCC(=O)O.O=C=O.O=O. The zero-order chi connectivity index (χ0) is 21.4. The highest BCUT2D eigenvalue weighted by Gasteiger charge is 2.12. The van der Waals surface area contributed by atoms with E-state index in [-0.39, 0.29) is 33.8 Å². The van der Waals surface area contributed by atoms with Gasteiger partial charge in [-0.25, -0.2) is 4.79 Å². The van der Waals surface area contributed by atoms with Gasteiger partial charge in [0.05, 0.1) is 19.3 Å². The van der Waals surface area contributed by atoms with Crippen LogP contribution in [0.1, 0.15) is 54.4 Å². The number of carbonyl (C=O) groups excluding carboxylic acids is 3. The lowest BCUT2D eigenvalue weighted by molar-refractivity contribution is -0.191. The normalized spacial score (nSPS) is 6.44. The zero-order valence-corrected chi connectivity index (χ0v) is 13.3. The van der Waals surface area contributed by atoms with E-state index in [1.54, 1.807) is 0 Å². The van der Waals surface area contributed by atoms with Gasteiger partial charge in [-0.3, -0.25) is 19.2 Å². The third kappa shape index (κ3) is 85.6. The van der Waals surface area contributed by atoms with Crippen molar-refractivity contribution in [3.8, 4) is 0 Å². The second-order valence-electron chi connectivity index (χ2n) is 2.99. The van der Waals surface area contributed by atoms with Crippen molar-refractivity contribution in [3.05, 3.63) is 9.93 Å². The summed E-state index contributed by atoms with van der Waals surface area (Å²) in [6, 6.07) is 0. The highest BCUT2D eigenvalue weighted by molar-refractivity contribution is 6.32. The van der Waals surface area contributed by atoms with Crippen LogP contribution < -0.4 is 0 Å². The van der Waals surface area contributed by atoms with Gasteiger partial charge in [0.15, 0.2) is 0 Å². The van der Waals surface area contributed by atoms with E-state index in [2.05, 4.69) is 0 Å². The number of carbonyl (C=O) groups is 5. The fourth-order valence-electron chi connectivity index (χ4n) is 0.541. The van der Waals surface area contributed by atoms with Crippen LogP contribution in [-0.4, -0.2) is 56.2 Å². The number of rotatable bonds is 7. The van der Waals surface area contributed by atoms with Crippen LogP contribution in [0.25, 0.3) is 0 Å². The number of hydrogen-bond acceptors (Lipinski definition) is 9. The molecule has 0 amide bonds. The van der Waals surface area contributed by atoms with Crippen LogP contribution in [0.2, 0.25) is 0 Å². The molecule has 13 heteroatoms. The molecule has 0 rings (SSSR count). The molecule has 0 fully saturated rings. The zero-order valence-electron chi connectivity index (χ0n) is 13.3. The highest BCUT2D eigenvalue weighted by atomic mass is 16.7. The lowest BCUT2D eigenvalue weighted by Crippen LogP contribution is -2.13. The van der Waals surface area contributed by atoms with E-state index < -0.39 is 42.5 Å². The van der Waals surface area contributed by atoms with E-state index in [0.717, 1.165) is 0 Å². The van der Waals surface area contributed by atoms with E-state index in [1.165, 1.54) is 0 Å². The van der Waals surface area contributed by atoms with Crippen LogP contribution in [0, 0.1) is 9.93 Å². The summed E-state index contributed by atoms with van der Waals surface area (Å²) in [5.41, 5.74) is 0. The fourth-order valence-corrected chi connectivity index (χ4v) is 0.541. The first-order valence-corrected chi connectivity index (χ1v) is 6.15. The molecule has 0 saturated carbocycles. The summed E-state index contributed by atoms with van der Waals surface area (Å²) >= 11 is 0. The largest absolute Gasteiger partial charge is 0.481 e. The summed E-state index contributed by atoms with van der Waals surface area (Å²) < 4.78 is 0. The Balaban J connectivity index is -0.0000000424.